The number of hydrogen-bond acceptors (Lipinski definition) is 3. The number of para-hydroxylation sites is 1. The van der Waals surface area contributed by atoms with Gasteiger partial charge in [0.15, 0.2) is 0 Å². The van der Waals surface area contributed by atoms with E-state index in [9.17, 15) is 9.59 Å². The van der Waals surface area contributed by atoms with E-state index >= 15 is 0 Å². The van der Waals surface area contributed by atoms with Gasteiger partial charge >= 0.3 is 0 Å². The van der Waals surface area contributed by atoms with Crippen molar-refractivity contribution in [3.63, 3.8) is 0 Å². The van der Waals surface area contributed by atoms with E-state index in [0.29, 0.717) is 39.0 Å². The van der Waals surface area contributed by atoms with Crippen LogP contribution in [0.5, 0.6) is 5.75 Å². The summed E-state index contributed by atoms with van der Waals surface area (Å²) < 4.78 is 5.43. The fourth-order valence-corrected chi connectivity index (χ4v) is 3.31. The molecule has 0 bridgehead atoms. The van der Waals surface area contributed by atoms with Crippen molar-refractivity contribution in [2.75, 3.05) is 25.0 Å². The van der Waals surface area contributed by atoms with Gasteiger partial charge < -0.3 is 15.0 Å². The monoisotopic (exact) mass is 366 g/mol. The third kappa shape index (κ3) is 5.33. The summed E-state index contributed by atoms with van der Waals surface area (Å²) in [4.78, 5) is 26.8. The van der Waals surface area contributed by atoms with Crippen LogP contribution in [-0.4, -0.2) is 36.4 Å². The molecule has 1 heterocycles. The lowest BCUT2D eigenvalue weighted by atomic mass is 9.95. The number of carbonyl (C=O) groups excluding carboxylic acids is 2. The van der Waals surface area contributed by atoms with Crippen LogP contribution in [0.1, 0.15) is 25.3 Å². The van der Waals surface area contributed by atoms with Crippen molar-refractivity contribution in [1.29, 1.82) is 0 Å². The van der Waals surface area contributed by atoms with E-state index in [4.69, 9.17) is 4.74 Å². The smallest absolute Gasteiger partial charge is 0.227 e. The van der Waals surface area contributed by atoms with Crippen LogP contribution in [0.25, 0.3) is 0 Å². The van der Waals surface area contributed by atoms with Crippen LogP contribution in [0.15, 0.2) is 54.6 Å². The highest BCUT2D eigenvalue weighted by Gasteiger charge is 2.27. The Morgan fingerprint density at radius 2 is 1.70 bits per heavy atom. The van der Waals surface area contributed by atoms with Crippen LogP contribution in [0, 0.1) is 5.92 Å². The standard InChI is InChI=1S/C22H26N2O3/c1-2-27-20-10-8-17(9-11-20)16-21(25)24-14-12-18(13-15-24)22(26)23-19-6-4-3-5-7-19/h3-11,18H,2,12-16H2,1H3,(H,23,26). The molecule has 0 aromatic heterocycles. The van der Waals surface area contributed by atoms with Gasteiger partial charge in [0.1, 0.15) is 5.75 Å². The minimum Gasteiger partial charge on any atom is -0.494 e. The minimum absolute atomic E-state index is 0.0415. The van der Waals surface area contributed by atoms with E-state index in [-0.39, 0.29) is 17.7 Å². The molecule has 142 valence electrons. The highest BCUT2D eigenvalue weighted by molar-refractivity contribution is 5.92. The van der Waals surface area contributed by atoms with E-state index in [1.54, 1.807) is 0 Å². The summed E-state index contributed by atoms with van der Waals surface area (Å²) in [5.41, 5.74) is 1.80. The van der Waals surface area contributed by atoms with Crippen molar-refractivity contribution >= 4 is 17.5 Å². The maximum absolute atomic E-state index is 12.5. The van der Waals surface area contributed by atoms with Gasteiger partial charge in [-0.25, -0.2) is 0 Å². The zero-order valence-electron chi connectivity index (χ0n) is 15.7. The lowest BCUT2D eigenvalue weighted by Crippen LogP contribution is -2.42. The van der Waals surface area contributed by atoms with E-state index in [1.165, 1.54) is 0 Å². The summed E-state index contributed by atoms with van der Waals surface area (Å²) in [6.07, 6.45) is 1.79. The maximum Gasteiger partial charge on any atom is 0.227 e. The molecule has 1 aliphatic heterocycles. The summed E-state index contributed by atoms with van der Waals surface area (Å²) in [5, 5.41) is 2.96. The van der Waals surface area contributed by atoms with Gasteiger partial charge in [-0.2, -0.15) is 0 Å². The molecule has 0 unspecified atom stereocenters. The number of anilines is 1. The maximum atomic E-state index is 12.5. The molecule has 1 saturated heterocycles. The molecule has 1 aliphatic rings. The van der Waals surface area contributed by atoms with Gasteiger partial charge in [-0.1, -0.05) is 30.3 Å². The SMILES string of the molecule is CCOc1ccc(CC(=O)N2CCC(C(=O)Nc3ccccc3)CC2)cc1. The molecule has 1 fully saturated rings. The Bertz CT molecular complexity index is 751. The molecule has 0 radical (unpaired) electrons. The zero-order chi connectivity index (χ0) is 19.1. The van der Waals surface area contributed by atoms with Gasteiger partial charge in [-0.3, -0.25) is 9.59 Å². The van der Waals surface area contributed by atoms with Crippen molar-refractivity contribution in [1.82, 2.24) is 4.90 Å². The molecule has 27 heavy (non-hydrogen) atoms. The number of amides is 2. The van der Waals surface area contributed by atoms with Gasteiger partial charge in [0.05, 0.1) is 13.0 Å². The zero-order valence-corrected chi connectivity index (χ0v) is 15.7. The molecule has 0 spiro atoms. The normalized spacial score (nSPS) is 14.6. The topological polar surface area (TPSA) is 58.6 Å². The highest BCUT2D eigenvalue weighted by atomic mass is 16.5. The molecule has 3 rings (SSSR count). The van der Waals surface area contributed by atoms with Crippen LogP contribution in [0.4, 0.5) is 5.69 Å². The van der Waals surface area contributed by atoms with Gasteiger partial charge in [-0.05, 0) is 49.6 Å². The number of carbonyl (C=O) groups is 2. The Balaban J connectivity index is 1.46. The number of rotatable bonds is 6. The third-order valence-electron chi connectivity index (χ3n) is 4.85. The largest absolute Gasteiger partial charge is 0.494 e. The van der Waals surface area contributed by atoms with Crippen molar-refractivity contribution in [3.05, 3.63) is 60.2 Å². The van der Waals surface area contributed by atoms with Gasteiger partial charge in [-0.15, -0.1) is 0 Å². The molecule has 0 atom stereocenters. The fourth-order valence-electron chi connectivity index (χ4n) is 3.31. The first-order valence-electron chi connectivity index (χ1n) is 9.51. The predicted molar refractivity (Wildman–Crippen MR) is 106 cm³/mol. The fraction of sp³-hybridized carbons (Fsp3) is 0.364. The predicted octanol–water partition coefficient (Wildman–Crippen LogP) is 3.51. The second kappa shape index (κ2) is 9.21. The van der Waals surface area contributed by atoms with Crippen molar-refractivity contribution < 1.29 is 14.3 Å². The molecule has 0 aliphatic carbocycles. The Hall–Kier alpha value is -2.82. The van der Waals surface area contributed by atoms with Gasteiger partial charge in [0, 0.05) is 24.7 Å². The van der Waals surface area contributed by atoms with Crippen LogP contribution in [0.2, 0.25) is 0 Å². The molecule has 5 heteroatoms. The summed E-state index contributed by atoms with van der Waals surface area (Å²) in [7, 11) is 0. The average Bonchev–Trinajstić information content (AvgIpc) is 2.70. The lowest BCUT2D eigenvalue weighted by Gasteiger charge is -2.31. The number of piperidine rings is 1. The Morgan fingerprint density at radius 3 is 2.33 bits per heavy atom. The van der Waals surface area contributed by atoms with Crippen LogP contribution in [0.3, 0.4) is 0 Å². The number of nitrogens with one attached hydrogen (secondary N) is 1. The first-order valence-corrected chi connectivity index (χ1v) is 9.51. The summed E-state index contributed by atoms with van der Waals surface area (Å²) in [5.74, 6) is 0.930. The van der Waals surface area contributed by atoms with E-state index in [1.807, 2.05) is 66.4 Å². The molecule has 2 aromatic carbocycles. The summed E-state index contributed by atoms with van der Waals surface area (Å²) in [6.45, 7) is 3.83. The first-order chi connectivity index (χ1) is 13.2. The second-order valence-corrected chi connectivity index (χ2v) is 6.76. The number of benzene rings is 2. The Kier molecular flexibility index (Phi) is 6.47. The molecule has 2 amide bonds. The van der Waals surface area contributed by atoms with Crippen molar-refractivity contribution in [3.8, 4) is 5.75 Å². The van der Waals surface area contributed by atoms with Crippen molar-refractivity contribution in [2.24, 2.45) is 5.92 Å². The number of nitrogens with zero attached hydrogens (tertiary/aromatic N) is 1. The number of likely N-dealkylation sites (tertiary alicyclic amines) is 1. The molecule has 5 nitrogen and oxygen atoms in total. The first kappa shape index (κ1) is 19.0. The van der Waals surface area contributed by atoms with E-state index in [2.05, 4.69) is 5.32 Å². The van der Waals surface area contributed by atoms with Gasteiger partial charge in [0.25, 0.3) is 0 Å². The molecular formula is C22H26N2O3. The molecule has 2 aromatic rings. The summed E-state index contributed by atoms with van der Waals surface area (Å²) >= 11 is 0. The summed E-state index contributed by atoms with van der Waals surface area (Å²) in [6, 6.07) is 17.1. The van der Waals surface area contributed by atoms with Crippen LogP contribution in [-0.2, 0) is 16.0 Å². The van der Waals surface area contributed by atoms with E-state index < -0.39 is 0 Å². The van der Waals surface area contributed by atoms with Crippen LogP contribution < -0.4 is 10.1 Å². The number of hydrogen-bond donors (Lipinski definition) is 1. The molecule has 1 N–H and O–H groups in total. The highest BCUT2D eigenvalue weighted by Crippen LogP contribution is 2.21. The second-order valence-electron chi connectivity index (χ2n) is 6.76. The average molecular weight is 366 g/mol. The molecular weight excluding hydrogens is 340 g/mol. The minimum atomic E-state index is -0.0419. The van der Waals surface area contributed by atoms with Crippen LogP contribution >= 0.6 is 0 Å². The molecule has 0 saturated carbocycles. The third-order valence-corrected chi connectivity index (χ3v) is 4.85. The van der Waals surface area contributed by atoms with E-state index in [0.717, 1.165) is 17.0 Å². The number of ether oxygens (including phenoxy) is 1. The van der Waals surface area contributed by atoms with Crippen molar-refractivity contribution in [2.45, 2.75) is 26.2 Å². The van der Waals surface area contributed by atoms with Gasteiger partial charge in [0.2, 0.25) is 11.8 Å². The Labute approximate surface area is 160 Å². The quantitative estimate of drug-likeness (QED) is 0.851. The Morgan fingerprint density at radius 1 is 1.04 bits per heavy atom. The lowest BCUT2D eigenvalue weighted by molar-refractivity contribution is -0.133.